The zero-order chi connectivity index (χ0) is 15.6. The highest BCUT2D eigenvalue weighted by atomic mass is 79.9. The van der Waals surface area contributed by atoms with E-state index in [1.807, 2.05) is 0 Å². The summed E-state index contributed by atoms with van der Waals surface area (Å²) in [4.78, 5) is 12.3. The fourth-order valence-corrected chi connectivity index (χ4v) is 3.68. The van der Waals surface area contributed by atoms with E-state index in [-0.39, 0.29) is 23.5 Å². The molecule has 3 rings (SSSR count). The van der Waals surface area contributed by atoms with Gasteiger partial charge in [0.05, 0.1) is 6.10 Å². The van der Waals surface area contributed by atoms with Crippen molar-refractivity contribution in [3.63, 3.8) is 0 Å². The summed E-state index contributed by atoms with van der Waals surface area (Å²) in [6, 6.07) is 8.46. The minimum absolute atomic E-state index is 0.0133. The molecule has 1 saturated heterocycles. The number of carbonyl (C=O) groups is 1. The number of nitrogens with two attached hydrogens (primary N) is 1. The number of carbonyl (C=O) groups excluding carboxylic acids is 1. The first-order valence-electron chi connectivity index (χ1n) is 8.02. The van der Waals surface area contributed by atoms with Gasteiger partial charge in [-0.3, -0.25) is 4.79 Å². The summed E-state index contributed by atoms with van der Waals surface area (Å²) in [7, 11) is 0. The molecule has 0 spiro atoms. The van der Waals surface area contributed by atoms with Gasteiger partial charge in [0.15, 0.2) is 0 Å². The van der Waals surface area contributed by atoms with Crippen LogP contribution in [0.1, 0.15) is 37.7 Å². The van der Waals surface area contributed by atoms with Crippen molar-refractivity contribution in [1.29, 1.82) is 0 Å². The van der Waals surface area contributed by atoms with Crippen LogP contribution in [0.15, 0.2) is 28.7 Å². The van der Waals surface area contributed by atoms with Crippen molar-refractivity contribution in [2.45, 2.75) is 49.7 Å². The number of hydrogen-bond acceptors (Lipinski definition) is 3. The predicted molar refractivity (Wildman–Crippen MR) is 89.6 cm³/mol. The summed E-state index contributed by atoms with van der Waals surface area (Å²) in [5.41, 5.74) is 7.01. The molecule has 0 radical (unpaired) electrons. The normalized spacial score (nSPS) is 26.5. The number of rotatable bonds is 5. The number of nitrogens with one attached hydrogen (secondary N) is 1. The molecule has 2 atom stereocenters. The van der Waals surface area contributed by atoms with E-state index in [1.54, 1.807) is 0 Å². The molecular weight excluding hydrogens is 344 g/mol. The molecular formula is C17H23BrN2O2. The van der Waals surface area contributed by atoms with Crippen molar-refractivity contribution in [2.24, 2.45) is 5.73 Å². The number of benzene rings is 1. The molecule has 2 fully saturated rings. The first kappa shape index (κ1) is 16.0. The SMILES string of the molecule is NC[C@H]1CC[C@@H](C(=O)NCC2(c3ccc(Br)cc3)CCC2)O1. The second-order valence-corrected chi connectivity index (χ2v) is 7.33. The summed E-state index contributed by atoms with van der Waals surface area (Å²) < 4.78 is 6.75. The third-order valence-corrected chi connectivity index (χ3v) is 5.56. The molecule has 1 aromatic rings. The topological polar surface area (TPSA) is 64.4 Å². The first-order chi connectivity index (χ1) is 10.6. The molecule has 0 aromatic heterocycles. The van der Waals surface area contributed by atoms with E-state index in [0.717, 1.165) is 30.2 Å². The highest BCUT2D eigenvalue weighted by Crippen LogP contribution is 2.43. The van der Waals surface area contributed by atoms with Gasteiger partial charge in [0.2, 0.25) is 5.91 Å². The van der Waals surface area contributed by atoms with Crippen molar-refractivity contribution in [2.75, 3.05) is 13.1 Å². The van der Waals surface area contributed by atoms with Crippen LogP contribution in [0, 0.1) is 0 Å². The van der Waals surface area contributed by atoms with E-state index >= 15 is 0 Å². The lowest BCUT2D eigenvalue weighted by Gasteiger charge is -2.42. The molecule has 1 heterocycles. The average molecular weight is 367 g/mol. The maximum Gasteiger partial charge on any atom is 0.249 e. The van der Waals surface area contributed by atoms with Crippen molar-refractivity contribution < 1.29 is 9.53 Å². The fourth-order valence-electron chi connectivity index (χ4n) is 3.42. The molecule has 5 heteroatoms. The molecule has 120 valence electrons. The van der Waals surface area contributed by atoms with Crippen LogP contribution in [0.4, 0.5) is 0 Å². The Balaban J connectivity index is 1.59. The summed E-state index contributed by atoms with van der Waals surface area (Å²) in [6.07, 6.45) is 4.86. The van der Waals surface area contributed by atoms with Crippen LogP contribution in [0.2, 0.25) is 0 Å². The van der Waals surface area contributed by atoms with Crippen LogP contribution in [-0.4, -0.2) is 31.2 Å². The largest absolute Gasteiger partial charge is 0.364 e. The molecule has 1 amide bonds. The number of halogens is 1. The molecule has 22 heavy (non-hydrogen) atoms. The van der Waals surface area contributed by atoms with Crippen LogP contribution < -0.4 is 11.1 Å². The molecule has 4 nitrogen and oxygen atoms in total. The van der Waals surface area contributed by atoms with Crippen molar-refractivity contribution in [3.05, 3.63) is 34.3 Å². The lowest BCUT2D eigenvalue weighted by Crippen LogP contribution is -2.48. The van der Waals surface area contributed by atoms with Crippen molar-refractivity contribution >= 4 is 21.8 Å². The molecule has 3 N–H and O–H groups in total. The van der Waals surface area contributed by atoms with E-state index < -0.39 is 0 Å². The first-order valence-corrected chi connectivity index (χ1v) is 8.81. The maximum absolute atomic E-state index is 12.3. The smallest absolute Gasteiger partial charge is 0.249 e. The Labute approximate surface area is 139 Å². The van der Waals surface area contributed by atoms with Crippen LogP contribution >= 0.6 is 15.9 Å². The third-order valence-electron chi connectivity index (χ3n) is 5.03. The maximum atomic E-state index is 12.3. The van der Waals surface area contributed by atoms with Gasteiger partial charge >= 0.3 is 0 Å². The van der Waals surface area contributed by atoms with E-state index in [1.165, 1.54) is 12.0 Å². The van der Waals surface area contributed by atoms with Crippen LogP contribution in [0.3, 0.4) is 0 Å². The highest BCUT2D eigenvalue weighted by Gasteiger charge is 2.39. The van der Waals surface area contributed by atoms with Crippen LogP contribution in [0.5, 0.6) is 0 Å². The Morgan fingerprint density at radius 2 is 2.05 bits per heavy atom. The molecule has 1 saturated carbocycles. The minimum Gasteiger partial charge on any atom is -0.364 e. The van der Waals surface area contributed by atoms with Crippen LogP contribution in [-0.2, 0) is 14.9 Å². The van der Waals surface area contributed by atoms with Gasteiger partial charge in [-0.05, 0) is 43.4 Å². The van der Waals surface area contributed by atoms with Gasteiger partial charge in [-0.25, -0.2) is 0 Å². The van der Waals surface area contributed by atoms with Crippen molar-refractivity contribution in [3.8, 4) is 0 Å². The number of hydrogen-bond donors (Lipinski definition) is 2. The monoisotopic (exact) mass is 366 g/mol. The van der Waals surface area contributed by atoms with Gasteiger partial charge in [0.1, 0.15) is 6.10 Å². The van der Waals surface area contributed by atoms with Crippen LogP contribution in [0.25, 0.3) is 0 Å². The molecule has 1 aliphatic heterocycles. The van der Waals surface area contributed by atoms with Gasteiger partial charge in [-0.15, -0.1) is 0 Å². The summed E-state index contributed by atoms with van der Waals surface area (Å²) in [6.45, 7) is 1.19. The average Bonchev–Trinajstić information content (AvgIpc) is 2.96. The number of amides is 1. The highest BCUT2D eigenvalue weighted by molar-refractivity contribution is 9.10. The Bertz CT molecular complexity index is 528. The molecule has 1 aromatic carbocycles. The summed E-state index contributed by atoms with van der Waals surface area (Å²) in [5, 5.41) is 3.11. The fraction of sp³-hybridized carbons (Fsp3) is 0.588. The summed E-state index contributed by atoms with van der Waals surface area (Å²) >= 11 is 3.47. The van der Waals surface area contributed by atoms with Gasteiger partial charge in [0.25, 0.3) is 0 Å². The van der Waals surface area contributed by atoms with E-state index in [4.69, 9.17) is 10.5 Å². The van der Waals surface area contributed by atoms with E-state index in [9.17, 15) is 4.79 Å². The molecule has 1 aliphatic carbocycles. The quantitative estimate of drug-likeness (QED) is 0.841. The predicted octanol–water partition coefficient (Wildman–Crippen LogP) is 2.49. The van der Waals surface area contributed by atoms with E-state index in [2.05, 4.69) is 45.5 Å². The summed E-state index contributed by atoms with van der Waals surface area (Å²) in [5.74, 6) is 0.0133. The lowest BCUT2D eigenvalue weighted by atomic mass is 9.64. The van der Waals surface area contributed by atoms with Gasteiger partial charge in [-0.2, -0.15) is 0 Å². The number of ether oxygens (including phenoxy) is 1. The second kappa shape index (κ2) is 6.69. The van der Waals surface area contributed by atoms with Crippen molar-refractivity contribution in [1.82, 2.24) is 5.32 Å². The van der Waals surface area contributed by atoms with Gasteiger partial charge < -0.3 is 15.8 Å². The van der Waals surface area contributed by atoms with Gasteiger partial charge in [-0.1, -0.05) is 34.5 Å². The molecule has 2 aliphatic rings. The van der Waals surface area contributed by atoms with Gasteiger partial charge in [0, 0.05) is 23.0 Å². The Morgan fingerprint density at radius 3 is 2.59 bits per heavy atom. The van der Waals surface area contributed by atoms with E-state index in [0.29, 0.717) is 13.1 Å². The zero-order valence-electron chi connectivity index (χ0n) is 12.7. The Kier molecular flexibility index (Phi) is 4.85. The molecule has 0 unspecified atom stereocenters. The molecule has 0 bridgehead atoms. The second-order valence-electron chi connectivity index (χ2n) is 6.42. The zero-order valence-corrected chi connectivity index (χ0v) is 14.3. The Morgan fingerprint density at radius 1 is 1.32 bits per heavy atom. The minimum atomic E-state index is -0.324. The third kappa shape index (κ3) is 3.21. The lowest BCUT2D eigenvalue weighted by molar-refractivity contribution is -0.132. The standard InChI is InChI=1S/C17H23BrN2O2/c18-13-4-2-12(3-5-13)17(8-1-9-17)11-20-16(21)15-7-6-14(10-19)22-15/h2-5,14-15H,1,6-11,19H2,(H,20,21)/t14-,15+/m1/s1. The Hall–Kier alpha value is -0.910.